The van der Waals surface area contributed by atoms with Crippen molar-refractivity contribution in [2.24, 2.45) is 11.7 Å². The summed E-state index contributed by atoms with van der Waals surface area (Å²) in [5.74, 6) is 1.16. The molecular weight excluding hydrogens is 224 g/mol. The zero-order valence-corrected chi connectivity index (χ0v) is 9.65. The van der Waals surface area contributed by atoms with Crippen molar-refractivity contribution in [3.05, 3.63) is 18.1 Å². The number of hydrogen-bond donors (Lipinski definition) is 2. The van der Waals surface area contributed by atoms with Crippen molar-refractivity contribution >= 4 is 23.0 Å². The van der Waals surface area contributed by atoms with Gasteiger partial charge >= 0.3 is 0 Å². The van der Waals surface area contributed by atoms with Crippen LogP contribution in [0.4, 0.5) is 5.82 Å². The van der Waals surface area contributed by atoms with Gasteiger partial charge in [0.2, 0.25) is 0 Å². The summed E-state index contributed by atoms with van der Waals surface area (Å²) in [6.45, 7) is 1.97. The maximum atomic E-state index is 9.05. The first-order chi connectivity index (χ1) is 7.70. The Balaban J connectivity index is 2.08. The predicted molar refractivity (Wildman–Crippen MR) is 65.3 cm³/mol. The maximum absolute atomic E-state index is 9.05. The zero-order chi connectivity index (χ0) is 11.5. The van der Waals surface area contributed by atoms with Crippen molar-refractivity contribution in [3.63, 3.8) is 0 Å². The molecule has 0 aromatic carbocycles. The topological polar surface area (TPSA) is 75.3 Å². The average Bonchev–Trinajstić information content (AvgIpc) is 2.77. The fraction of sp³-hybridized carbons (Fsp3) is 0.500. The van der Waals surface area contributed by atoms with E-state index in [1.165, 1.54) is 0 Å². The normalized spacial score (nSPS) is 20.1. The van der Waals surface area contributed by atoms with Crippen LogP contribution in [0.1, 0.15) is 12.1 Å². The monoisotopic (exact) mass is 238 g/mol. The number of anilines is 1. The Labute approximate surface area is 99.3 Å². The molecule has 1 atom stereocenters. The van der Waals surface area contributed by atoms with Gasteiger partial charge in [-0.3, -0.25) is 0 Å². The summed E-state index contributed by atoms with van der Waals surface area (Å²) in [5, 5.41) is 9.05. The van der Waals surface area contributed by atoms with Crippen LogP contribution in [0.25, 0.3) is 0 Å². The van der Waals surface area contributed by atoms with Gasteiger partial charge in [-0.05, 0) is 6.42 Å². The van der Waals surface area contributed by atoms with Crippen LogP contribution in [0.5, 0.6) is 0 Å². The molecule has 16 heavy (non-hydrogen) atoms. The number of aliphatic hydroxyl groups excluding tert-OH is 1. The van der Waals surface area contributed by atoms with E-state index in [0.717, 1.165) is 25.3 Å². The molecule has 1 aliphatic rings. The first-order valence-electron chi connectivity index (χ1n) is 5.18. The quantitative estimate of drug-likeness (QED) is 0.718. The van der Waals surface area contributed by atoms with E-state index < -0.39 is 0 Å². The molecule has 1 aromatic heterocycles. The molecule has 0 spiro atoms. The van der Waals surface area contributed by atoms with Crippen molar-refractivity contribution in [2.45, 2.75) is 6.42 Å². The van der Waals surface area contributed by atoms with Gasteiger partial charge in [-0.1, -0.05) is 12.2 Å². The third kappa shape index (κ3) is 2.28. The van der Waals surface area contributed by atoms with E-state index in [-0.39, 0.29) is 11.6 Å². The van der Waals surface area contributed by atoms with E-state index in [0.29, 0.717) is 11.6 Å². The molecular formula is C10H14N4OS. The van der Waals surface area contributed by atoms with Crippen LogP contribution in [0.15, 0.2) is 12.4 Å². The number of hydrogen-bond acceptors (Lipinski definition) is 5. The SMILES string of the molecule is NC(=S)c1cnc(N2CCC(CO)C2)cn1. The molecule has 6 heteroatoms. The third-order valence-corrected chi connectivity index (χ3v) is 2.97. The van der Waals surface area contributed by atoms with Gasteiger partial charge in [-0.15, -0.1) is 0 Å². The van der Waals surface area contributed by atoms with Crippen LogP contribution in [0.2, 0.25) is 0 Å². The minimum atomic E-state index is 0.231. The minimum Gasteiger partial charge on any atom is -0.396 e. The van der Waals surface area contributed by atoms with Crippen LogP contribution in [-0.2, 0) is 0 Å². The Morgan fingerprint density at radius 3 is 2.88 bits per heavy atom. The molecule has 2 heterocycles. The minimum absolute atomic E-state index is 0.231. The summed E-state index contributed by atoms with van der Waals surface area (Å²) in [6.07, 6.45) is 4.26. The lowest BCUT2D eigenvalue weighted by atomic mass is 10.1. The second-order valence-electron chi connectivity index (χ2n) is 3.91. The standard InChI is InChI=1S/C10H14N4OS/c11-10(16)8-3-13-9(4-12-8)14-2-1-7(5-14)6-15/h3-4,7,15H,1-2,5-6H2,(H2,11,16). The number of nitrogens with two attached hydrogens (primary N) is 1. The van der Waals surface area contributed by atoms with E-state index in [2.05, 4.69) is 14.9 Å². The van der Waals surface area contributed by atoms with Crippen LogP contribution in [0, 0.1) is 5.92 Å². The van der Waals surface area contributed by atoms with Crippen LogP contribution in [-0.4, -0.2) is 39.8 Å². The largest absolute Gasteiger partial charge is 0.396 e. The van der Waals surface area contributed by atoms with Gasteiger partial charge in [0.15, 0.2) is 0 Å². The van der Waals surface area contributed by atoms with Crippen LogP contribution in [0.3, 0.4) is 0 Å². The molecule has 0 radical (unpaired) electrons. The molecule has 1 aliphatic heterocycles. The summed E-state index contributed by atoms with van der Waals surface area (Å²) in [4.78, 5) is 10.8. The average molecular weight is 238 g/mol. The summed E-state index contributed by atoms with van der Waals surface area (Å²) in [5.41, 5.74) is 5.98. The van der Waals surface area contributed by atoms with Crippen molar-refractivity contribution in [1.82, 2.24) is 9.97 Å². The molecule has 3 N–H and O–H groups in total. The Kier molecular flexibility index (Phi) is 3.31. The van der Waals surface area contributed by atoms with E-state index in [9.17, 15) is 0 Å². The second kappa shape index (κ2) is 4.71. The van der Waals surface area contributed by atoms with Crippen molar-refractivity contribution in [3.8, 4) is 0 Å². The van der Waals surface area contributed by atoms with Crippen LogP contribution >= 0.6 is 12.2 Å². The van der Waals surface area contributed by atoms with Crippen molar-refractivity contribution in [2.75, 3.05) is 24.6 Å². The van der Waals surface area contributed by atoms with Gasteiger partial charge in [-0.25, -0.2) is 9.97 Å². The van der Waals surface area contributed by atoms with Gasteiger partial charge in [0, 0.05) is 25.6 Å². The first kappa shape index (κ1) is 11.2. The van der Waals surface area contributed by atoms with E-state index in [4.69, 9.17) is 23.1 Å². The first-order valence-corrected chi connectivity index (χ1v) is 5.59. The third-order valence-electron chi connectivity index (χ3n) is 2.76. The number of thiocarbonyl (C=S) groups is 1. The highest BCUT2D eigenvalue weighted by Gasteiger charge is 2.22. The van der Waals surface area contributed by atoms with Gasteiger partial charge in [0.1, 0.15) is 16.5 Å². The smallest absolute Gasteiger partial charge is 0.147 e. The lowest BCUT2D eigenvalue weighted by Gasteiger charge is -2.16. The number of nitrogens with zero attached hydrogens (tertiary/aromatic N) is 3. The fourth-order valence-corrected chi connectivity index (χ4v) is 1.91. The lowest BCUT2D eigenvalue weighted by Crippen LogP contribution is -2.22. The van der Waals surface area contributed by atoms with Gasteiger partial charge in [0.25, 0.3) is 0 Å². The summed E-state index contributed by atoms with van der Waals surface area (Å²) in [6, 6.07) is 0. The molecule has 0 bridgehead atoms. The highest BCUT2D eigenvalue weighted by molar-refractivity contribution is 7.80. The Bertz CT molecular complexity index is 381. The van der Waals surface area contributed by atoms with Crippen molar-refractivity contribution < 1.29 is 5.11 Å². The van der Waals surface area contributed by atoms with E-state index in [1.807, 2.05) is 0 Å². The summed E-state index contributed by atoms with van der Waals surface area (Å²) < 4.78 is 0. The number of aliphatic hydroxyl groups is 1. The molecule has 0 saturated carbocycles. The Morgan fingerprint density at radius 2 is 2.38 bits per heavy atom. The lowest BCUT2D eigenvalue weighted by molar-refractivity contribution is 0.238. The number of rotatable bonds is 3. The molecule has 1 saturated heterocycles. The molecule has 1 unspecified atom stereocenters. The van der Waals surface area contributed by atoms with E-state index >= 15 is 0 Å². The molecule has 0 amide bonds. The molecule has 1 fully saturated rings. The Hall–Kier alpha value is -1.27. The molecule has 2 rings (SSSR count). The van der Waals surface area contributed by atoms with Crippen molar-refractivity contribution in [1.29, 1.82) is 0 Å². The summed E-state index contributed by atoms with van der Waals surface area (Å²) >= 11 is 4.81. The maximum Gasteiger partial charge on any atom is 0.147 e. The molecule has 86 valence electrons. The second-order valence-corrected chi connectivity index (χ2v) is 4.35. The fourth-order valence-electron chi connectivity index (χ4n) is 1.80. The molecule has 0 aliphatic carbocycles. The predicted octanol–water partition coefficient (Wildman–Crippen LogP) is -0.0706. The highest BCUT2D eigenvalue weighted by Crippen LogP contribution is 2.20. The Morgan fingerprint density at radius 1 is 1.56 bits per heavy atom. The molecule has 1 aromatic rings. The van der Waals surface area contributed by atoms with E-state index in [1.54, 1.807) is 12.4 Å². The number of aromatic nitrogens is 2. The summed E-state index contributed by atoms with van der Waals surface area (Å²) in [7, 11) is 0. The van der Waals surface area contributed by atoms with Gasteiger partial charge in [0.05, 0.1) is 12.4 Å². The highest BCUT2D eigenvalue weighted by atomic mass is 32.1. The van der Waals surface area contributed by atoms with Gasteiger partial charge < -0.3 is 15.7 Å². The molecule has 5 nitrogen and oxygen atoms in total. The van der Waals surface area contributed by atoms with Crippen LogP contribution < -0.4 is 10.6 Å². The van der Waals surface area contributed by atoms with Gasteiger partial charge in [-0.2, -0.15) is 0 Å². The zero-order valence-electron chi connectivity index (χ0n) is 8.83.